The average Bonchev–Trinajstić information content (AvgIpc) is 2.73. The van der Waals surface area contributed by atoms with E-state index in [1.807, 2.05) is 20.8 Å². The number of carbonyl (C=O) groups excluding carboxylic acids is 1. The summed E-state index contributed by atoms with van der Waals surface area (Å²) in [6, 6.07) is 0.00301. The predicted molar refractivity (Wildman–Crippen MR) is 61.8 cm³/mol. The van der Waals surface area contributed by atoms with E-state index in [2.05, 4.69) is 0 Å². The average molecular weight is 241 g/mol. The third kappa shape index (κ3) is 2.39. The minimum absolute atomic E-state index is 0.00301. The Morgan fingerprint density at radius 1 is 1.59 bits per heavy atom. The summed E-state index contributed by atoms with van der Waals surface area (Å²) in [6.45, 7) is 6.53. The molecule has 2 aliphatic heterocycles. The van der Waals surface area contributed by atoms with Crippen molar-refractivity contribution in [3.05, 3.63) is 11.8 Å². The van der Waals surface area contributed by atoms with Crippen LogP contribution in [0.15, 0.2) is 11.8 Å². The number of fused-ring (bicyclic) bond motifs is 1. The summed E-state index contributed by atoms with van der Waals surface area (Å²) in [5.74, 6) is 0. The monoisotopic (exact) mass is 241 g/mol. The highest BCUT2D eigenvalue weighted by Gasteiger charge is 2.45. The molecule has 2 rings (SSSR count). The number of aliphatic hydroxyl groups excluding tert-OH is 1. The molecule has 0 aromatic carbocycles. The molecule has 0 aliphatic carbocycles. The molecule has 2 aliphatic rings. The van der Waals surface area contributed by atoms with E-state index < -0.39 is 5.60 Å². The van der Waals surface area contributed by atoms with Crippen LogP contribution < -0.4 is 0 Å². The number of amides is 1. The second-order valence-corrected chi connectivity index (χ2v) is 5.46. The van der Waals surface area contributed by atoms with Gasteiger partial charge in [0.1, 0.15) is 11.7 Å². The molecule has 0 bridgehead atoms. The Labute approximate surface area is 101 Å². The zero-order chi connectivity index (χ0) is 12.6. The largest absolute Gasteiger partial charge is 0.515 e. The van der Waals surface area contributed by atoms with Crippen molar-refractivity contribution in [1.82, 2.24) is 4.90 Å². The number of carbonyl (C=O) groups is 1. The Hall–Kier alpha value is -1.23. The zero-order valence-corrected chi connectivity index (χ0v) is 10.5. The van der Waals surface area contributed by atoms with Gasteiger partial charge in [-0.05, 0) is 27.2 Å². The molecule has 2 atom stereocenters. The van der Waals surface area contributed by atoms with Gasteiger partial charge in [0.15, 0.2) is 0 Å². The highest BCUT2D eigenvalue weighted by atomic mass is 16.6. The number of aliphatic hydroxyl groups is 1. The lowest BCUT2D eigenvalue weighted by molar-refractivity contribution is 0.0208. The highest BCUT2D eigenvalue weighted by Crippen LogP contribution is 2.33. The molecule has 5 heteroatoms. The van der Waals surface area contributed by atoms with Crippen LogP contribution in [0.3, 0.4) is 0 Å². The van der Waals surface area contributed by atoms with E-state index in [4.69, 9.17) is 14.6 Å². The van der Waals surface area contributed by atoms with Crippen molar-refractivity contribution in [2.75, 3.05) is 13.2 Å². The molecule has 0 saturated carbocycles. The van der Waals surface area contributed by atoms with Crippen LogP contribution in [0.25, 0.3) is 0 Å². The fraction of sp³-hybridized carbons (Fsp3) is 0.750. The van der Waals surface area contributed by atoms with E-state index in [-0.39, 0.29) is 18.2 Å². The smallest absolute Gasteiger partial charge is 0.410 e. The van der Waals surface area contributed by atoms with E-state index in [1.165, 1.54) is 0 Å². The standard InChI is InChI=1S/C12H19NO4/c1-12(2,3)17-11(15)13-6-8(7-14)10-9(13)4-5-16-10/h7,9-10,14H,4-6H2,1-3H3/b8-7+/t9-,10-/m1/s1. The van der Waals surface area contributed by atoms with Gasteiger partial charge < -0.3 is 14.6 Å². The van der Waals surface area contributed by atoms with Crippen LogP contribution in [0.1, 0.15) is 27.2 Å². The van der Waals surface area contributed by atoms with E-state index in [0.717, 1.165) is 18.3 Å². The van der Waals surface area contributed by atoms with Crippen LogP contribution in [0.4, 0.5) is 4.79 Å². The topological polar surface area (TPSA) is 59.0 Å². The summed E-state index contributed by atoms with van der Waals surface area (Å²) >= 11 is 0. The molecule has 0 spiro atoms. The third-order valence-corrected chi connectivity index (χ3v) is 2.97. The molecular formula is C12H19NO4. The van der Waals surface area contributed by atoms with Gasteiger partial charge in [0, 0.05) is 12.2 Å². The first kappa shape index (κ1) is 12.2. The molecule has 1 amide bonds. The van der Waals surface area contributed by atoms with E-state index >= 15 is 0 Å². The zero-order valence-electron chi connectivity index (χ0n) is 10.5. The Kier molecular flexibility index (Phi) is 3.03. The Morgan fingerprint density at radius 2 is 2.29 bits per heavy atom. The van der Waals surface area contributed by atoms with Gasteiger partial charge in [-0.3, -0.25) is 4.90 Å². The molecule has 2 fully saturated rings. The van der Waals surface area contributed by atoms with Gasteiger partial charge in [-0.1, -0.05) is 0 Å². The normalized spacial score (nSPS) is 30.8. The number of rotatable bonds is 0. The first-order valence-corrected chi connectivity index (χ1v) is 5.87. The summed E-state index contributed by atoms with van der Waals surface area (Å²) in [5, 5.41) is 9.12. The molecule has 17 heavy (non-hydrogen) atoms. The van der Waals surface area contributed by atoms with Crippen molar-refractivity contribution < 1.29 is 19.4 Å². The lowest BCUT2D eigenvalue weighted by Gasteiger charge is -2.27. The van der Waals surface area contributed by atoms with Gasteiger partial charge in [0.2, 0.25) is 0 Å². The van der Waals surface area contributed by atoms with Gasteiger partial charge in [0.05, 0.1) is 18.8 Å². The highest BCUT2D eigenvalue weighted by molar-refractivity contribution is 5.70. The van der Waals surface area contributed by atoms with E-state index in [0.29, 0.717) is 13.2 Å². The number of hydrogen-bond donors (Lipinski definition) is 1. The second-order valence-electron chi connectivity index (χ2n) is 5.46. The number of hydrogen-bond acceptors (Lipinski definition) is 4. The van der Waals surface area contributed by atoms with Crippen molar-refractivity contribution in [3.8, 4) is 0 Å². The van der Waals surface area contributed by atoms with Crippen LogP contribution in [0.5, 0.6) is 0 Å². The van der Waals surface area contributed by atoms with Crippen LogP contribution in [-0.2, 0) is 9.47 Å². The van der Waals surface area contributed by atoms with Crippen molar-refractivity contribution >= 4 is 6.09 Å². The Bertz CT molecular complexity index is 345. The fourth-order valence-corrected chi connectivity index (χ4v) is 2.29. The number of ether oxygens (including phenoxy) is 2. The molecule has 1 N–H and O–H groups in total. The molecule has 0 radical (unpaired) electrons. The number of likely N-dealkylation sites (tertiary alicyclic amines) is 1. The summed E-state index contributed by atoms with van der Waals surface area (Å²) < 4.78 is 10.9. The van der Waals surface area contributed by atoms with Crippen molar-refractivity contribution in [2.45, 2.75) is 44.9 Å². The SMILES string of the molecule is CC(C)(C)OC(=O)N1C/C(=C\O)[C@H]2OCC[C@H]21. The third-order valence-electron chi connectivity index (χ3n) is 2.97. The predicted octanol–water partition coefficient (Wildman–Crippen LogP) is 1.84. The molecule has 2 saturated heterocycles. The Balaban J connectivity index is 2.09. The van der Waals surface area contributed by atoms with Crippen LogP contribution in [-0.4, -0.2) is 47.0 Å². The molecule has 0 unspecified atom stereocenters. The molecule has 96 valence electrons. The van der Waals surface area contributed by atoms with Crippen molar-refractivity contribution in [2.24, 2.45) is 0 Å². The lowest BCUT2D eigenvalue weighted by atomic mass is 10.1. The maximum atomic E-state index is 12.0. The lowest BCUT2D eigenvalue weighted by Crippen LogP contribution is -2.41. The first-order valence-electron chi connectivity index (χ1n) is 5.87. The maximum absolute atomic E-state index is 12.0. The summed E-state index contributed by atoms with van der Waals surface area (Å²) in [7, 11) is 0. The maximum Gasteiger partial charge on any atom is 0.410 e. The second kappa shape index (κ2) is 4.22. The van der Waals surface area contributed by atoms with Crippen LogP contribution in [0, 0.1) is 0 Å². The van der Waals surface area contributed by atoms with Gasteiger partial charge in [-0.25, -0.2) is 4.79 Å². The van der Waals surface area contributed by atoms with Gasteiger partial charge in [-0.15, -0.1) is 0 Å². The van der Waals surface area contributed by atoms with Crippen LogP contribution in [0.2, 0.25) is 0 Å². The fourth-order valence-electron chi connectivity index (χ4n) is 2.29. The van der Waals surface area contributed by atoms with Gasteiger partial charge in [-0.2, -0.15) is 0 Å². The van der Waals surface area contributed by atoms with E-state index in [1.54, 1.807) is 4.90 Å². The summed E-state index contributed by atoms with van der Waals surface area (Å²) in [4.78, 5) is 13.6. The molecule has 0 aromatic rings. The molecule has 0 aromatic heterocycles. The van der Waals surface area contributed by atoms with E-state index in [9.17, 15) is 4.79 Å². The van der Waals surface area contributed by atoms with Crippen molar-refractivity contribution in [1.29, 1.82) is 0 Å². The first-order chi connectivity index (χ1) is 7.92. The molecule has 2 heterocycles. The quantitative estimate of drug-likeness (QED) is 0.657. The number of nitrogens with zero attached hydrogens (tertiary/aromatic N) is 1. The Morgan fingerprint density at radius 3 is 2.88 bits per heavy atom. The van der Waals surface area contributed by atoms with Gasteiger partial charge >= 0.3 is 6.09 Å². The molecule has 5 nitrogen and oxygen atoms in total. The minimum atomic E-state index is -0.502. The summed E-state index contributed by atoms with van der Waals surface area (Å²) in [5.41, 5.74) is 0.246. The van der Waals surface area contributed by atoms with Crippen LogP contribution >= 0.6 is 0 Å². The molecular weight excluding hydrogens is 222 g/mol. The summed E-state index contributed by atoms with van der Waals surface area (Å²) in [6.07, 6.45) is 1.34. The van der Waals surface area contributed by atoms with Crippen molar-refractivity contribution in [3.63, 3.8) is 0 Å². The minimum Gasteiger partial charge on any atom is -0.515 e. The van der Waals surface area contributed by atoms with Gasteiger partial charge in [0.25, 0.3) is 0 Å².